The highest BCUT2D eigenvalue weighted by atomic mass is 14.8. The van der Waals surface area contributed by atoms with E-state index >= 15 is 0 Å². The van der Waals surface area contributed by atoms with Crippen LogP contribution in [-0.2, 0) is 0 Å². The Morgan fingerprint density at radius 2 is 1.72 bits per heavy atom. The summed E-state index contributed by atoms with van der Waals surface area (Å²) >= 11 is 0. The Morgan fingerprint density at radius 3 is 2.44 bits per heavy atom. The van der Waals surface area contributed by atoms with E-state index in [1.807, 2.05) is 30.3 Å². The van der Waals surface area contributed by atoms with Crippen molar-refractivity contribution in [3.05, 3.63) is 65.2 Å². The van der Waals surface area contributed by atoms with Crippen molar-refractivity contribution >= 4 is 5.69 Å². The van der Waals surface area contributed by atoms with Gasteiger partial charge in [-0.1, -0.05) is 36.1 Å². The molecule has 0 aromatic heterocycles. The monoisotopic (exact) mass is 235 g/mol. The lowest BCUT2D eigenvalue weighted by Gasteiger charge is -2.05. The first-order chi connectivity index (χ1) is 8.75. The molecule has 1 nitrogen and oxygen atoms in total. The minimum absolute atomic E-state index is 0.664. The first-order valence-corrected chi connectivity index (χ1v) is 6.11. The number of hydrogen-bond acceptors (Lipinski definition) is 1. The van der Waals surface area contributed by atoms with Crippen molar-refractivity contribution in [2.45, 2.75) is 13.8 Å². The molecule has 0 spiro atoms. The van der Waals surface area contributed by atoms with Crippen LogP contribution in [-0.4, -0.2) is 6.54 Å². The zero-order valence-corrected chi connectivity index (χ0v) is 10.8. The van der Waals surface area contributed by atoms with Crippen molar-refractivity contribution in [3.63, 3.8) is 0 Å². The molecule has 90 valence electrons. The van der Waals surface area contributed by atoms with Crippen molar-refractivity contribution in [2.24, 2.45) is 0 Å². The van der Waals surface area contributed by atoms with Gasteiger partial charge in [0.15, 0.2) is 0 Å². The summed E-state index contributed by atoms with van der Waals surface area (Å²) < 4.78 is 0. The van der Waals surface area contributed by atoms with Crippen LogP contribution in [0.15, 0.2) is 48.5 Å². The lowest BCUT2D eigenvalue weighted by molar-refractivity contribution is 1.30. The molecule has 2 rings (SSSR count). The van der Waals surface area contributed by atoms with Crippen LogP contribution >= 0.6 is 0 Å². The van der Waals surface area contributed by atoms with Gasteiger partial charge in [-0.3, -0.25) is 0 Å². The van der Waals surface area contributed by atoms with Crippen molar-refractivity contribution in [1.82, 2.24) is 0 Å². The van der Waals surface area contributed by atoms with E-state index < -0.39 is 0 Å². The van der Waals surface area contributed by atoms with Crippen LogP contribution in [0.25, 0.3) is 0 Å². The van der Waals surface area contributed by atoms with Crippen LogP contribution in [0.5, 0.6) is 0 Å². The lowest BCUT2D eigenvalue weighted by atomic mass is 10.1. The maximum Gasteiger partial charge on any atom is 0.0769 e. The van der Waals surface area contributed by atoms with Gasteiger partial charge >= 0.3 is 0 Å². The Bertz CT molecular complexity index is 574. The molecule has 0 heterocycles. The summed E-state index contributed by atoms with van der Waals surface area (Å²) in [5.41, 5.74) is 4.80. The molecule has 0 aliphatic rings. The van der Waals surface area contributed by atoms with Gasteiger partial charge in [0.05, 0.1) is 6.54 Å². The second kappa shape index (κ2) is 5.93. The number of benzene rings is 2. The fourth-order valence-electron chi connectivity index (χ4n) is 1.67. The normalized spacial score (nSPS) is 9.44. The molecular formula is C17H17N. The molecule has 1 N–H and O–H groups in total. The third-order valence-electron chi connectivity index (χ3n) is 2.89. The Labute approximate surface area is 109 Å². The van der Waals surface area contributed by atoms with E-state index in [4.69, 9.17) is 0 Å². The summed E-state index contributed by atoms with van der Waals surface area (Å²) in [5.74, 6) is 6.25. The van der Waals surface area contributed by atoms with Crippen molar-refractivity contribution < 1.29 is 0 Å². The molecule has 0 radical (unpaired) electrons. The molecule has 0 aliphatic carbocycles. The number of anilines is 1. The predicted molar refractivity (Wildman–Crippen MR) is 77.7 cm³/mol. The fraction of sp³-hybridized carbons (Fsp3) is 0.176. The average molecular weight is 235 g/mol. The van der Waals surface area contributed by atoms with Gasteiger partial charge in [-0.15, -0.1) is 0 Å². The predicted octanol–water partition coefficient (Wildman–Crippen LogP) is 3.77. The third kappa shape index (κ3) is 3.40. The highest BCUT2D eigenvalue weighted by molar-refractivity contribution is 5.49. The first-order valence-electron chi connectivity index (χ1n) is 6.11. The van der Waals surface area contributed by atoms with Crippen molar-refractivity contribution in [1.29, 1.82) is 0 Å². The fourth-order valence-corrected chi connectivity index (χ4v) is 1.67. The molecular weight excluding hydrogens is 218 g/mol. The largest absolute Gasteiger partial charge is 0.374 e. The summed E-state index contributed by atoms with van der Waals surface area (Å²) in [6.07, 6.45) is 0. The van der Waals surface area contributed by atoms with E-state index in [2.05, 4.69) is 49.2 Å². The Hall–Kier alpha value is -2.20. The molecule has 0 unspecified atom stereocenters. The maximum atomic E-state index is 3.31. The molecule has 2 aromatic rings. The van der Waals surface area contributed by atoms with Gasteiger partial charge in [0, 0.05) is 11.3 Å². The van der Waals surface area contributed by atoms with Crippen LogP contribution in [0.1, 0.15) is 16.7 Å². The standard InChI is InChI=1S/C17H17N/c1-14-10-11-17(13-15(14)2)18-12-6-9-16-7-4-3-5-8-16/h3-5,7-8,10-11,13,18H,12H2,1-2H3. The van der Waals surface area contributed by atoms with Gasteiger partial charge in [0.25, 0.3) is 0 Å². The number of aryl methyl sites for hydroxylation is 2. The molecule has 0 amide bonds. The maximum absolute atomic E-state index is 3.31. The van der Waals surface area contributed by atoms with E-state index in [-0.39, 0.29) is 0 Å². The average Bonchev–Trinajstić information content (AvgIpc) is 2.40. The van der Waals surface area contributed by atoms with Crippen LogP contribution in [0.3, 0.4) is 0 Å². The van der Waals surface area contributed by atoms with Crippen LogP contribution in [0.2, 0.25) is 0 Å². The first kappa shape index (κ1) is 12.3. The van der Waals surface area contributed by atoms with Crippen molar-refractivity contribution in [2.75, 3.05) is 11.9 Å². The molecule has 0 saturated heterocycles. The molecule has 1 heteroatoms. The van der Waals surface area contributed by atoms with Gasteiger partial charge in [-0.05, 0) is 49.2 Å². The highest BCUT2D eigenvalue weighted by Crippen LogP contribution is 2.13. The van der Waals surface area contributed by atoms with E-state index in [0.717, 1.165) is 11.3 Å². The van der Waals surface area contributed by atoms with E-state index in [1.54, 1.807) is 0 Å². The van der Waals surface area contributed by atoms with E-state index in [9.17, 15) is 0 Å². The van der Waals surface area contributed by atoms with Crippen LogP contribution in [0.4, 0.5) is 5.69 Å². The minimum Gasteiger partial charge on any atom is -0.374 e. The smallest absolute Gasteiger partial charge is 0.0769 e. The van der Waals surface area contributed by atoms with Gasteiger partial charge in [-0.2, -0.15) is 0 Å². The zero-order chi connectivity index (χ0) is 12.8. The molecule has 0 fully saturated rings. The number of rotatable bonds is 2. The quantitative estimate of drug-likeness (QED) is 0.781. The van der Waals surface area contributed by atoms with Crippen LogP contribution in [0, 0.1) is 25.7 Å². The van der Waals surface area contributed by atoms with Crippen LogP contribution < -0.4 is 5.32 Å². The molecule has 0 bridgehead atoms. The number of hydrogen-bond donors (Lipinski definition) is 1. The van der Waals surface area contributed by atoms with Gasteiger partial charge in [-0.25, -0.2) is 0 Å². The molecule has 0 saturated carbocycles. The van der Waals surface area contributed by atoms with Gasteiger partial charge in [0.1, 0.15) is 0 Å². The second-order valence-corrected chi connectivity index (χ2v) is 4.32. The lowest BCUT2D eigenvalue weighted by Crippen LogP contribution is -1.99. The SMILES string of the molecule is Cc1ccc(NCC#Cc2ccccc2)cc1C. The Kier molecular flexibility index (Phi) is 4.04. The molecule has 0 atom stereocenters. The summed E-state index contributed by atoms with van der Waals surface area (Å²) in [5, 5.41) is 3.31. The summed E-state index contributed by atoms with van der Waals surface area (Å²) in [6.45, 7) is 4.90. The van der Waals surface area contributed by atoms with E-state index in [0.29, 0.717) is 6.54 Å². The summed E-state index contributed by atoms with van der Waals surface area (Å²) in [4.78, 5) is 0. The van der Waals surface area contributed by atoms with E-state index in [1.165, 1.54) is 11.1 Å². The highest BCUT2D eigenvalue weighted by Gasteiger charge is 1.93. The minimum atomic E-state index is 0.664. The summed E-state index contributed by atoms with van der Waals surface area (Å²) in [7, 11) is 0. The second-order valence-electron chi connectivity index (χ2n) is 4.32. The Balaban J connectivity index is 1.93. The summed E-state index contributed by atoms with van der Waals surface area (Å²) in [6, 6.07) is 16.4. The van der Waals surface area contributed by atoms with Gasteiger partial charge < -0.3 is 5.32 Å². The topological polar surface area (TPSA) is 12.0 Å². The number of nitrogens with one attached hydrogen (secondary N) is 1. The third-order valence-corrected chi connectivity index (χ3v) is 2.89. The zero-order valence-electron chi connectivity index (χ0n) is 10.8. The molecule has 2 aromatic carbocycles. The van der Waals surface area contributed by atoms with Crippen molar-refractivity contribution in [3.8, 4) is 11.8 Å². The molecule has 0 aliphatic heterocycles. The molecule has 18 heavy (non-hydrogen) atoms. The van der Waals surface area contributed by atoms with Gasteiger partial charge in [0.2, 0.25) is 0 Å². The Morgan fingerprint density at radius 1 is 0.944 bits per heavy atom.